The standard InChI is InChI=1S/C12H11FN2O3/c1-2-3-4-7-14-12(16)10-6-5-9(15(17)18)8-11(10)13/h5-6,8H,4,7H2,1H3,(H,14,16). The first-order valence-corrected chi connectivity index (χ1v) is 5.18. The summed E-state index contributed by atoms with van der Waals surface area (Å²) in [5, 5.41) is 12.9. The van der Waals surface area contributed by atoms with Gasteiger partial charge >= 0.3 is 0 Å². The number of nitrogens with one attached hydrogen (secondary N) is 1. The van der Waals surface area contributed by atoms with Crippen molar-refractivity contribution in [2.45, 2.75) is 13.3 Å². The average Bonchev–Trinajstić information content (AvgIpc) is 2.34. The molecule has 0 unspecified atom stereocenters. The van der Waals surface area contributed by atoms with Crippen LogP contribution in [0.15, 0.2) is 18.2 Å². The highest BCUT2D eigenvalue weighted by Crippen LogP contribution is 2.16. The van der Waals surface area contributed by atoms with Crippen molar-refractivity contribution in [3.8, 4) is 11.8 Å². The lowest BCUT2D eigenvalue weighted by Crippen LogP contribution is -2.25. The maximum Gasteiger partial charge on any atom is 0.272 e. The molecule has 1 aromatic rings. The van der Waals surface area contributed by atoms with Crippen molar-refractivity contribution in [1.82, 2.24) is 5.32 Å². The minimum Gasteiger partial charge on any atom is -0.351 e. The largest absolute Gasteiger partial charge is 0.351 e. The molecule has 94 valence electrons. The molecule has 0 bridgehead atoms. The summed E-state index contributed by atoms with van der Waals surface area (Å²) in [5.74, 6) is 3.88. The van der Waals surface area contributed by atoms with Crippen LogP contribution < -0.4 is 5.32 Å². The summed E-state index contributed by atoms with van der Waals surface area (Å²) in [7, 11) is 0. The first-order chi connectivity index (χ1) is 8.56. The third-order valence-electron chi connectivity index (χ3n) is 2.12. The average molecular weight is 250 g/mol. The number of carbonyl (C=O) groups excluding carboxylic acids is 1. The van der Waals surface area contributed by atoms with Crippen LogP contribution in [-0.2, 0) is 0 Å². The van der Waals surface area contributed by atoms with Crippen LogP contribution in [0.4, 0.5) is 10.1 Å². The van der Waals surface area contributed by atoms with E-state index < -0.39 is 16.6 Å². The molecular formula is C12H11FN2O3. The predicted molar refractivity (Wildman–Crippen MR) is 63.5 cm³/mol. The van der Waals surface area contributed by atoms with Crippen LogP contribution in [0.25, 0.3) is 0 Å². The van der Waals surface area contributed by atoms with Crippen LogP contribution in [0.1, 0.15) is 23.7 Å². The second kappa shape index (κ2) is 6.35. The zero-order chi connectivity index (χ0) is 13.5. The zero-order valence-electron chi connectivity index (χ0n) is 9.70. The fourth-order valence-corrected chi connectivity index (χ4v) is 1.26. The van der Waals surface area contributed by atoms with E-state index in [1.54, 1.807) is 6.92 Å². The zero-order valence-corrected chi connectivity index (χ0v) is 9.70. The molecule has 0 heterocycles. The number of nitro groups is 1. The third kappa shape index (κ3) is 3.56. The minimum atomic E-state index is -0.914. The number of halogens is 1. The van der Waals surface area contributed by atoms with Crippen LogP contribution in [0.5, 0.6) is 0 Å². The number of rotatable bonds is 4. The fraction of sp³-hybridized carbons (Fsp3) is 0.250. The maximum absolute atomic E-state index is 13.4. The van der Waals surface area contributed by atoms with E-state index in [4.69, 9.17) is 0 Å². The van der Waals surface area contributed by atoms with Crippen molar-refractivity contribution in [3.05, 3.63) is 39.7 Å². The van der Waals surface area contributed by atoms with Gasteiger partial charge in [-0.2, -0.15) is 0 Å². The van der Waals surface area contributed by atoms with Gasteiger partial charge in [-0.05, 0) is 13.0 Å². The van der Waals surface area contributed by atoms with E-state index in [0.29, 0.717) is 13.0 Å². The molecule has 0 aliphatic carbocycles. The van der Waals surface area contributed by atoms with E-state index in [-0.39, 0.29) is 11.3 Å². The first-order valence-electron chi connectivity index (χ1n) is 5.18. The molecule has 1 N–H and O–H groups in total. The quantitative estimate of drug-likeness (QED) is 0.384. The normalized spacial score (nSPS) is 9.22. The number of nitrogens with zero attached hydrogens (tertiary/aromatic N) is 1. The summed E-state index contributed by atoms with van der Waals surface area (Å²) < 4.78 is 13.4. The molecular weight excluding hydrogens is 239 g/mol. The molecule has 0 saturated heterocycles. The highest BCUT2D eigenvalue weighted by atomic mass is 19.1. The molecule has 1 aromatic carbocycles. The number of hydrogen-bond donors (Lipinski definition) is 1. The summed E-state index contributed by atoms with van der Waals surface area (Å²) in [6.45, 7) is 1.98. The number of amides is 1. The Morgan fingerprint density at radius 1 is 1.56 bits per heavy atom. The lowest BCUT2D eigenvalue weighted by Gasteiger charge is -2.04. The highest BCUT2D eigenvalue weighted by Gasteiger charge is 2.15. The highest BCUT2D eigenvalue weighted by molar-refractivity contribution is 5.94. The molecule has 0 aromatic heterocycles. The third-order valence-corrected chi connectivity index (χ3v) is 2.12. The van der Waals surface area contributed by atoms with Gasteiger partial charge < -0.3 is 5.32 Å². The Hall–Kier alpha value is -2.42. The number of benzene rings is 1. The number of non-ortho nitro benzene ring substituents is 1. The molecule has 5 nitrogen and oxygen atoms in total. The van der Waals surface area contributed by atoms with Gasteiger partial charge in [0.1, 0.15) is 5.82 Å². The van der Waals surface area contributed by atoms with Gasteiger partial charge in [0.15, 0.2) is 0 Å². The van der Waals surface area contributed by atoms with E-state index in [1.807, 2.05) is 0 Å². The van der Waals surface area contributed by atoms with Crippen LogP contribution in [0, 0.1) is 27.8 Å². The molecule has 0 aliphatic rings. The summed E-state index contributed by atoms with van der Waals surface area (Å²) in [5.41, 5.74) is -0.606. The van der Waals surface area contributed by atoms with Gasteiger partial charge in [0, 0.05) is 19.0 Å². The van der Waals surface area contributed by atoms with Crippen molar-refractivity contribution < 1.29 is 14.1 Å². The minimum absolute atomic E-state index is 0.218. The number of hydrogen-bond acceptors (Lipinski definition) is 3. The van der Waals surface area contributed by atoms with Gasteiger partial charge in [-0.3, -0.25) is 14.9 Å². The Morgan fingerprint density at radius 3 is 2.83 bits per heavy atom. The Kier molecular flexibility index (Phi) is 4.81. The number of carbonyl (C=O) groups is 1. The molecule has 18 heavy (non-hydrogen) atoms. The molecule has 1 rings (SSSR count). The SMILES string of the molecule is CC#CCCNC(=O)c1ccc([N+](=O)[O-])cc1F. The van der Waals surface area contributed by atoms with Gasteiger partial charge in [0.2, 0.25) is 0 Å². The van der Waals surface area contributed by atoms with Crippen LogP contribution in [-0.4, -0.2) is 17.4 Å². The van der Waals surface area contributed by atoms with Crippen molar-refractivity contribution in [1.29, 1.82) is 0 Å². The van der Waals surface area contributed by atoms with Gasteiger partial charge in [0.25, 0.3) is 11.6 Å². The summed E-state index contributed by atoms with van der Waals surface area (Å²) in [6.07, 6.45) is 0.469. The Balaban J connectivity index is 2.73. The van der Waals surface area contributed by atoms with Crippen LogP contribution >= 0.6 is 0 Å². The van der Waals surface area contributed by atoms with E-state index in [2.05, 4.69) is 17.2 Å². The number of nitro benzene ring substituents is 1. The Labute approximate surface area is 103 Å². The monoisotopic (exact) mass is 250 g/mol. The molecule has 0 saturated carbocycles. The Morgan fingerprint density at radius 2 is 2.28 bits per heavy atom. The lowest BCUT2D eigenvalue weighted by molar-refractivity contribution is -0.385. The second-order valence-corrected chi connectivity index (χ2v) is 3.35. The van der Waals surface area contributed by atoms with Crippen molar-refractivity contribution in [2.75, 3.05) is 6.54 Å². The molecule has 6 heteroatoms. The summed E-state index contributed by atoms with van der Waals surface area (Å²) in [6, 6.07) is 2.90. The summed E-state index contributed by atoms with van der Waals surface area (Å²) in [4.78, 5) is 21.2. The molecule has 0 spiro atoms. The van der Waals surface area contributed by atoms with Gasteiger partial charge in [-0.15, -0.1) is 11.8 Å². The molecule has 1 amide bonds. The van der Waals surface area contributed by atoms with Crippen LogP contribution in [0.3, 0.4) is 0 Å². The lowest BCUT2D eigenvalue weighted by atomic mass is 10.2. The molecule has 0 fully saturated rings. The van der Waals surface area contributed by atoms with Gasteiger partial charge in [-0.1, -0.05) is 0 Å². The smallest absolute Gasteiger partial charge is 0.272 e. The van der Waals surface area contributed by atoms with E-state index in [1.165, 1.54) is 0 Å². The van der Waals surface area contributed by atoms with E-state index >= 15 is 0 Å². The van der Waals surface area contributed by atoms with Crippen molar-refractivity contribution >= 4 is 11.6 Å². The fourth-order valence-electron chi connectivity index (χ4n) is 1.26. The summed E-state index contributed by atoms with van der Waals surface area (Å²) >= 11 is 0. The first kappa shape index (κ1) is 13.6. The van der Waals surface area contributed by atoms with E-state index in [0.717, 1.165) is 18.2 Å². The van der Waals surface area contributed by atoms with Gasteiger partial charge in [-0.25, -0.2) is 4.39 Å². The second-order valence-electron chi connectivity index (χ2n) is 3.35. The topological polar surface area (TPSA) is 72.2 Å². The van der Waals surface area contributed by atoms with Gasteiger partial charge in [0.05, 0.1) is 16.6 Å². The van der Waals surface area contributed by atoms with E-state index in [9.17, 15) is 19.3 Å². The Bertz CT molecular complexity index is 532. The van der Waals surface area contributed by atoms with Crippen LogP contribution in [0.2, 0.25) is 0 Å². The molecule has 0 aliphatic heterocycles. The predicted octanol–water partition coefficient (Wildman–Crippen LogP) is 1.88. The van der Waals surface area contributed by atoms with Crippen molar-refractivity contribution in [2.24, 2.45) is 0 Å². The van der Waals surface area contributed by atoms with Crippen molar-refractivity contribution in [3.63, 3.8) is 0 Å². The molecule has 0 atom stereocenters. The maximum atomic E-state index is 13.4. The molecule has 0 radical (unpaired) electrons.